The Bertz CT molecular complexity index is 2260. The van der Waals surface area contributed by atoms with E-state index in [1.807, 2.05) is 41.3 Å². The molecule has 3 heterocycles. The van der Waals surface area contributed by atoms with E-state index in [0.717, 1.165) is 77.4 Å². The zero-order chi connectivity index (χ0) is 35.5. The van der Waals surface area contributed by atoms with Crippen LogP contribution in [0.15, 0.2) is 97.5 Å². The minimum atomic E-state index is 0. The summed E-state index contributed by atoms with van der Waals surface area (Å²) in [5, 5.41) is 7.12. The third-order valence-corrected chi connectivity index (χ3v) is 9.65. The minimum Gasteiger partial charge on any atom is -0.509 e. The molecule has 0 aliphatic heterocycles. The summed E-state index contributed by atoms with van der Waals surface area (Å²) in [6, 6.07) is 34.6. The van der Waals surface area contributed by atoms with E-state index in [1.165, 1.54) is 27.8 Å². The van der Waals surface area contributed by atoms with Gasteiger partial charge in [0.1, 0.15) is 5.82 Å². The molecule has 0 aliphatic rings. The molecule has 0 aliphatic carbocycles. The SMILES string of the molecule is CCCc1ccnc(-n2c3[c-]c(Oc4[c-]c(-n5cc(-c6c(CCC(C)C)cc(C)cc6CCC(C)C)cn5)ccc4)ccc3c3ccccc32)c1.[Pt+2]. The van der Waals surface area contributed by atoms with Gasteiger partial charge in [-0.2, -0.15) is 17.2 Å². The molecular weight excluding hydrogens is 820 g/mol. The summed E-state index contributed by atoms with van der Waals surface area (Å²) in [6.07, 6.45) is 12.6. The van der Waals surface area contributed by atoms with E-state index in [-0.39, 0.29) is 21.1 Å². The van der Waals surface area contributed by atoms with Crippen LogP contribution in [0.1, 0.15) is 76.1 Å². The van der Waals surface area contributed by atoms with Gasteiger partial charge in [-0.15, -0.1) is 35.7 Å². The molecule has 0 saturated carbocycles. The van der Waals surface area contributed by atoms with Crippen LogP contribution >= 0.6 is 0 Å². The van der Waals surface area contributed by atoms with Crippen LogP contribution in [-0.4, -0.2) is 19.3 Å². The average Bonchev–Trinajstić information content (AvgIpc) is 3.73. The molecule has 0 spiro atoms. The van der Waals surface area contributed by atoms with E-state index in [9.17, 15) is 0 Å². The number of hydrogen-bond acceptors (Lipinski definition) is 3. The largest absolute Gasteiger partial charge is 2.00 e. The van der Waals surface area contributed by atoms with E-state index >= 15 is 0 Å². The fraction of sp³-hybridized carbons (Fsp3) is 0.304. The molecule has 0 amide bonds. The van der Waals surface area contributed by atoms with Crippen molar-refractivity contribution in [2.75, 3.05) is 0 Å². The first kappa shape index (κ1) is 37.3. The summed E-state index contributed by atoms with van der Waals surface area (Å²) in [5.41, 5.74) is 10.8. The van der Waals surface area contributed by atoms with Crippen molar-refractivity contribution in [3.63, 3.8) is 0 Å². The second-order valence-electron chi connectivity index (χ2n) is 14.7. The van der Waals surface area contributed by atoms with Crippen LogP contribution in [0.25, 0.3) is 44.4 Å². The van der Waals surface area contributed by atoms with E-state index in [2.05, 4.69) is 119 Å². The van der Waals surface area contributed by atoms with Crippen LogP contribution in [0, 0.1) is 30.9 Å². The first-order valence-corrected chi connectivity index (χ1v) is 18.6. The van der Waals surface area contributed by atoms with Crippen molar-refractivity contribution in [3.8, 4) is 34.1 Å². The Morgan fingerprint density at radius 2 is 1.50 bits per heavy atom. The van der Waals surface area contributed by atoms with Crippen molar-refractivity contribution < 1.29 is 25.8 Å². The Morgan fingerprint density at radius 1 is 0.769 bits per heavy atom. The zero-order valence-electron chi connectivity index (χ0n) is 31.1. The van der Waals surface area contributed by atoms with Crippen molar-refractivity contribution in [3.05, 3.63) is 132 Å². The van der Waals surface area contributed by atoms with Gasteiger partial charge in [-0.3, -0.25) is 4.68 Å². The van der Waals surface area contributed by atoms with E-state index in [4.69, 9.17) is 14.8 Å². The van der Waals surface area contributed by atoms with Gasteiger partial charge in [-0.1, -0.05) is 82.5 Å². The molecular formula is C46H48N4OPt. The summed E-state index contributed by atoms with van der Waals surface area (Å²) >= 11 is 0. The standard InChI is InChI=1S/C46H48N4O.Pt/c1-7-11-34-22-23-47-45(26-34)50-43-15-9-8-14-41(43)42-21-20-40(28-44(42)50)51-39-13-10-12-38(27-39)49-30-37(29-48-49)46-35(18-16-31(2)3)24-33(6)25-36(46)19-17-32(4)5;/h8-10,12-15,20-26,29-32H,7,11,16-19H2,1-6H3;/q-2;+2. The van der Waals surface area contributed by atoms with Crippen molar-refractivity contribution in [2.24, 2.45) is 11.8 Å². The van der Waals surface area contributed by atoms with Gasteiger partial charge in [-0.05, 0) is 102 Å². The fourth-order valence-corrected chi connectivity index (χ4v) is 7.13. The van der Waals surface area contributed by atoms with Crippen LogP contribution in [0.3, 0.4) is 0 Å². The summed E-state index contributed by atoms with van der Waals surface area (Å²) in [6.45, 7) is 13.6. The number of para-hydroxylation sites is 1. The molecule has 0 unspecified atom stereocenters. The van der Waals surface area contributed by atoms with Crippen LogP contribution in [0.2, 0.25) is 0 Å². The molecule has 6 heteroatoms. The third kappa shape index (κ3) is 8.11. The molecule has 5 nitrogen and oxygen atoms in total. The number of ether oxygens (including phenoxy) is 1. The summed E-state index contributed by atoms with van der Waals surface area (Å²) in [5.74, 6) is 3.41. The first-order chi connectivity index (χ1) is 24.8. The van der Waals surface area contributed by atoms with Crippen LogP contribution < -0.4 is 4.74 Å². The van der Waals surface area contributed by atoms with Crippen LogP contribution in [0.4, 0.5) is 0 Å². The maximum Gasteiger partial charge on any atom is 2.00 e. The second kappa shape index (κ2) is 16.5. The van der Waals surface area contributed by atoms with E-state index in [0.29, 0.717) is 23.3 Å². The van der Waals surface area contributed by atoms with E-state index in [1.54, 1.807) is 0 Å². The monoisotopic (exact) mass is 867 g/mol. The summed E-state index contributed by atoms with van der Waals surface area (Å²) in [4.78, 5) is 4.78. The number of aromatic nitrogens is 4. The van der Waals surface area contributed by atoms with Gasteiger partial charge in [0, 0.05) is 35.0 Å². The molecule has 3 aromatic heterocycles. The zero-order valence-corrected chi connectivity index (χ0v) is 33.4. The summed E-state index contributed by atoms with van der Waals surface area (Å²) in [7, 11) is 0. The smallest absolute Gasteiger partial charge is 0.509 e. The fourth-order valence-electron chi connectivity index (χ4n) is 7.13. The molecule has 0 bridgehead atoms. The number of pyridine rings is 1. The number of rotatable bonds is 13. The Morgan fingerprint density at radius 3 is 2.23 bits per heavy atom. The maximum absolute atomic E-state index is 6.46. The first-order valence-electron chi connectivity index (χ1n) is 18.6. The van der Waals surface area contributed by atoms with Gasteiger partial charge in [0.15, 0.2) is 0 Å². The molecule has 7 rings (SSSR count). The number of fused-ring (bicyclic) bond motifs is 3. The topological polar surface area (TPSA) is 44.9 Å². The Hall–Kier alpha value is -4.47. The van der Waals surface area contributed by atoms with Gasteiger partial charge in [0.2, 0.25) is 0 Å². The van der Waals surface area contributed by atoms with Crippen molar-refractivity contribution in [2.45, 2.75) is 80.1 Å². The second-order valence-corrected chi connectivity index (χ2v) is 14.7. The molecule has 4 aromatic carbocycles. The molecule has 0 fully saturated rings. The molecule has 0 saturated heterocycles. The van der Waals surface area contributed by atoms with Crippen molar-refractivity contribution in [1.82, 2.24) is 19.3 Å². The molecule has 7 aromatic rings. The van der Waals surface area contributed by atoms with Gasteiger partial charge < -0.3 is 9.30 Å². The molecule has 0 N–H and O–H groups in total. The number of benzene rings is 4. The minimum absolute atomic E-state index is 0. The Kier molecular flexibility index (Phi) is 11.8. The van der Waals surface area contributed by atoms with Gasteiger partial charge in [0.05, 0.1) is 6.20 Å². The van der Waals surface area contributed by atoms with Crippen molar-refractivity contribution in [1.29, 1.82) is 0 Å². The molecule has 0 radical (unpaired) electrons. The quantitative estimate of drug-likeness (QED) is 0.108. The number of hydrogen-bond donors (Lipinski definition) is 0. The normalized spacial score (nSPS) is 11.5. The maximum atomic E-state index is 6.46. The Balaban J connectivity index is 0.00000464. The molecule has 0 atom stereocenters. The number of aryl methyl sites for hydroxylation is 4. The van der Waals surface area contributed by atoms with Crippen LogP contribution in [0.5, 0.6) is 11.5 Å². The molecule has 52 heavy (non-hydrogen) atoms. The van der Waals surface area contributed by atoms with Gasteiger partial charge in [-0.25, -0.2) is 4.98 Å². The van der Waals surface area contributed by atoms with E-state index < -0.39 is 0 Å². The number of nitrogens with zero attached hydrogens (tertiary/aromatic N) is 4. The molecule has 268 valence electrons. The summed E-state index contributed by atoms with van der Waals surface area (Å²) < 4.78 is 10.6. The predicted octanol–water partition coefficient (Wildman–Crippen LogP) is 11.9. The van der Waals surface area contributed by atoms with Gasteiger partial charge >= 0.3 is 21.1 Å². The predicted molar refractivity (Wildman–Crippen MR) is 210 cm³/mol. The average molecular weight is 868 g/mol. The third-order valence-electron chi connectivity index (χ3n) is 9.65. The van der Waals surface area contributed by atoms with Crippen molar-refractivity contribution >= 4 is 21.8 Å². The Labute approximate surface area is 323 Å². The van der Waals surface area contributed by atoms with Gasteiger partial charge in [0.25, 0.3) is 0 Å². The van der Waals surface area contributed by atoms with Crippen LogP contribution in [-0.2, 0) is 40.3 Å².